The fourth-order valence-corrected chi connectivity index (χ4v) is 2.78. The van der Waals surface area contributed by atoms with Gasteiger partial charge in [-0.1, -0.05) is 18.2 Å². The lowest BCUT2D eigenvalue weighted by atomic mass is 9.98. The van der Waals surface area contributed by atoms with Crippen LogP contribution in [0.4, 0.5) is 4.39 Å². The van der Waals surface area contributed by atoms with E-state index in [9.17, 15) is 14.3 Å². The molecular weight excluding hydrogens is 311 g/mol. The first-order chi connectivity index (χ1) is 11.5. The summed E-state index contributed by atoms with van der Waals surface area (Å²) in [5, 5.41) is 15.5. The number of nitrogens with zero attached hydrogens (tertiary/aromatic N) is 2. The number of carbonyl (C=O) groups is 1. The molecule has 3 rings (SSSR count). The molecule has 1 N–H and O–H groups in total. The normalized spacial score (nSPS) is 16.9. The van der Waals surface area contributed by atoms with Gasteiger partial charge < -0.3 is 9.84 Å². The van der Waals surface area contributed by atoms with Crippen molar-refractivity contribution in [2.24, 2.45) is 5.10 Å². The minimum absolute atomic E-state index is 0.0355. The van der Waals surface area contributed by atoms with Crippen molar-refractivity contribution < 1.29 is 19.0 Å². The lowest BCUT2D eigenvalue weighted by molar-refractivity contribution is -0.130. The predicted octanol–water partition coefficient (Wildman–Crippen LogP) is 3.24. The second kappa shape index (κ2) is 6.31. The molecule has 2 aromatic rings. The van der Waals surface area contributed by atoms with Crippen molar-refractivity contribution >= 4 is 11.6 Å². The van der Waals surface area contributed by atoms with Crippen LogP contribution < -0.4 is 4.74 Å². The number of aromatic hydroxyl groups is 1. The van der Waals surface area contributed by atoms with E-state index in [1.165, 1.54) is 37.2 Å². The Morgan fingerprint density at radius 1 is 1.29 bits per heavy atom. The summed E-state index contributed by atoms with van der Waals surface area (Å²) in [4.78, 5) is 12.0. The number of phenolic OH excluding ortho intramolecular Hbond substituents is 1. The zero-order valence-electron chi connectivity index (χ0n) is 13.4. The molecular formula is C18H17FN2O3. The first kappa shape index (κ1) is 16.0. The fraction of sp³-hybridized carbons (Fsp3) is 0.222. The van der Waals surface area contributed by atoms with Crippen molar-refractivity contribution in [1.29, 1.82) is 0 Å². The lowest BCUT2D eigenvalue weighted by Gasteiger charge is -2.21. The molecule has 0 bridgehead atoms. The molecule has 1 heterocycles. The van der Waals surface area contributed by atoms with Gasteiger partial charge in [-0.2, -0.15) is 5.10 Å². The predicted molar refractivity (Wildman–Crippen MR) is 87.5 cm³/mol. The Labute approximate surface area is 139 Å². The largest absolute Gasteiger partial charge is 0.504 e. The molecule has 1 unspecified atom stereocenters. The number of methoxy groups -OCH3 is 1. The van der Waals surface area contributed by atoms with Crippen molar-refractivity contribution in [2.75, 3.05) is 7.11 Å². The molecule has 0 radical (unpaired) electrons. The van der Waals surface area contributed by atoms with Crippen molar-refractivity contribution in [3.63, 3.8) is 0 Å². The summed E-state index contributed by atoms with van der Waals surface area (Å²) >= 11 is 0. The number of halogens is 1. The summed E-state index contributed by atoms with van der Waals surface area (Å²) in [6.45, 7) is 1.45. The Kier molecular flexibility index (Phi) is 4.20. The van der Waals surface area contributed by atoms with Gasteiger partial charge in [0.1, 0.15) is 5.82 Å². The average Bonchev–Trinajstić information content (AvgIpc) is 3.01. The van der Waals surface area contributed by atoms with E-state index in [2.05, 4.69) is 5.10 Å². The highest BCUT2D eigenvalue weighted by atomic mass is 19.1. The summed E-state index contributed by atoms with van der Waals surface area (Å²) < 4.78 is 18.2. The van der Waals surface area contributed by atoms with Crippen LogP contribution in [-0.2, 0) is 4.79 Å². The third-order valence-corrected chi connectivity index (χ3v) is 4.00. The van der Waals surface area contributed by atoms with Gasteiger partial charge in [0, 0.05) is 13.3 Å². The maximum Gasteiger partial charge on any atom is 0.240 e. The van der Waals surface area contributed by atoms with E-state index in [1.807, 2.05) is 0 Å². The summed E-state index contributed by atoms with van der Waals surface area (Å²) in [5.41, 5.74) is 2.29. The van der Waals surface area contributed by atoms with Gasteiger partial charge in [0.05, 0.1) is 18.9 Å². The molecule has 1 amide bonds. The molecule has 6 heteroatoms. The monoisotopic (exact) mass is 328 g/mol. The third-order valence-electron chi connectivity index (χ3n) is 4.00. The van der Waals surface area contributed by atoms with Gasteiger partial charge >= 0.3 is 0 Å². The zero-order valence-corrected chi connectivity index (χ0v) is 13.4. The van der Waals surface area contributed by atoms with Crippen LogP contribution in [0.5, 0.6) is 11.5 Å². The van der Waals surface area contributed by atoms with Gasteiger partial charge in [-0.25, -0.2) is 9.40 Å². The van der Waals surface area contributed by atoms with Crippen LogP contribution in [0.2, 0.25) is 0 Å². The zero-order chi connectivity index (χ0) is 17.3. The summed E-state index contributed by atoms with van der Waals surface area (Å²) in [5.74, 6) is -0.135. The van der Waals surface area contributed by atoms with Crippen LogP contribution in [0.1, 0.15) is 30.5 Å². The van der Waals surface area contributed by atoms with Crippen LogP contribution in [0, 0.1) is 5.82 Å². The van der Waals surface area contributed by atoms with Crippen LogP contribution in [0.15, 0.2) is 47.6 Å². The Morgan fingerprint density at radius 2 is 2.00 bits per heavy atom. The smallest absolute Gasteiger partial charge is 0.240 e. The molecule has 0 aromatic heterocycles. The molecule has 2 aromatic carbocycles. The highest BCUT2D eigenvalue weighted by Crippen LogP contribution is 2.36. The van der Waals surface area contributed by atoms with Crippen molar-refractivity contribution in [3.8, 4) is 11.5 Å². The van der Waals surface area contributed by atoms with Gasteiger partial charge in [-0.15, -0.1) is 0 Å². The van der Waals surface area contributed by atoms with Crippen molar-refractivity contribution in [3.05, 3.63) is 59.4 Å². The highest BCUT2D eigenvalue weighted by Gasteiger charge is 2.31. The number of hydrazone groups is 1. The maximum absolute atomic E-state index is 13.1. The van der Waals surface area contributed by atoms with E-state index in [0.717, 1.165) is 11.1 Å². The molecule has 124 valence electrons. The standard InChI is InChI=1S/C18H17FN2O3/c1-11(22)21-16(13-5-8-17(23)18(9-13)24-2)10-15(20-21)12-3-6-14(19)7-4-12/h3-9,16,23H,10H2,1-2H3. The summed E-state index contributed by atoms with van der Waals surface area (Å²) in [6.07, 6.45) is 0.499. The van der Waals surface area contributed by atoms with Crippen LogP contribution in [0.3, 0.4) is 0 Å². The van der Waals surface area contributed by atoms with Gasteiger partial charge in [-0.3, -0.25) is 4.79 Å². The van der Waals surface area contributed by atoms with Crippen molar-refractivity contribution in [1.82, 2.24) is 5.01 Å². The second-order valence-corrected chi connectivity index (χ2v) is 5.57. The van der Waals surface area contributed by atoms with Gasteiger partial charge in [0.2, 0.25) is 5.91 Å². The van der Waals surface area contributed by atoms with Crippen LogP contribution in [-0.4, -0.2) is 28.8 Å². The molecule has 0 saturated heterocycles. The lowest BCUT2D eigenvalue weighted by Crippen LogP contribution is -2.24. The Hall–Kier alpha value is -2.89. The molecule has 1 atom stereocenters. The molecule has 1 aliphatic rings. The average molecular weight is 328 g/mol. The van der Waals surface area contributed by atoms with E-state index < -0.39 is 0 Å². The Morgan fingerprint density at radius 3 is 2.62 bits per heavy atom. The van der Waals surface area contributed by atoms with Gasteiger partial charge in [-0.05, 0) is 35.4 Å². The molecule has 0 fully saturated rings. The number of benzene rings is 2. The number of hydrogen-bond donors (Lipinski definition) is 1. The molecule has 24 heavy (non-hydrogen) atoms. The van der Waals surface area contributed by atoms with E-state index in [1.54, 1.807) is 24.3 Å². The van der Waals surface area contributed by atoms with E-state index in [-0.39, 0.29) is 23.5 Å². The molecule has 5 nitrogen and oxygen atoms in total. The SMILES string of the molecule is COc1cc(C2CC(c3ccc(F)cc3)=NN2C(C)=O)ccc1O. The van der Waals surface area contributed by atoms with E-state index >= 15 is 0 Å². The Balaban J connectivity index is 1.95. The topological polar surface area (TPSA) is 62.1 Å². The summed E-state index contributed by atoms with van der Waals surface area (Å²) in [6, 6.07) is 10.7. The van der Waals surface area contributed by atoms with Crippen LogP contribution >= 0.6 is 0 Å². The number of phenols is 1. The number of ether oxygens (including phenoxy) is 1. The van der Waals surface area contributed by atoms with Gasteiger partial charge in [0.15, 0.2) is 11.5 Å². The quantitative estimate of drug-likeness (QED) is 0.941. The van der Waals surface area contributed by atoms with Gasteiger partial charge in [0.25, 0.3) is 0 Å². The minimum Gasteiger partial charge on any atom is -0.504 e. The number of amides is 1. The van der Waals surface area contributed by atoms with Crippen molar-refractivity contribution in [2.45, 2.75) is 19.4 Å². The minimum atomic E-state index is -0.319. The highest BCUT2D eigenvalue weighted by molar-refractivity contribution is 6.03. The first-order valence-corrected chi connectivity index (χ1v) is 7.49. The Bertz CT molecular complexity index is 802. The number of hydrogen-bond acceptors (Lipinski definition) is 4. The maximum atomic E-state index is 13.1. The number of rotatable bonds is 3. The first-order valence-electron chi connectivity index (χ1n) is 7.49. The second-order valence-electron chi connectivity index (χ2n) is 5.57. The molecule has 0 aliphatic carbocycles. The third kappa shape index (κ3) is 2.95. The fourth-order valence-electron chi connectivity index (χ4n) is 2.78. The molecule has 0 saturated carbocycles. The summed E-state index contributed by atoms with van der Waals surface area (Å²) in [7, 11) is 1.47. The molecule has 1 aliphatic heterocycles. The van der Waals surface area contributed by atoms with E-state index in [0.29, 0.717) is 17.9 Å². The van der Waals surface area contributed by atoms with Crippen LogP contribution in [0.25, 0.3) is 0 Å². The van der Waals surface area contributed by atoms with E-state index in [4.69, 9.17) is 4.74 Å². The number of carbonyl (C=O) groups excluding carboxylic acids is 1. The molecule has 0 spiro atoms.